The maximum atomic E-state index is 5.35. The molecule has 58 valence electrons. The van der Waals surface area contributed by atoms with Crippen molar-refractivity contribution in [3.05, 3.63) is 0 Å². The van der Waals surface area contributed by atoms with Gasteiger partial charge in [0.05, 0.1) is 18.8 Å². The zero-order valence-electron chi connectivity index (χ0n) is 6.30. The van der Waals surface area contributed by atoms with Crippen LogP contribution in [0.2, 0.25) is 0 Å². The summed E-state index contributed by atoms with van der Waals surface area (Å²) < 4.78 is 10.7. The van der Waals surface area contributed by atoms with Crippen LogP contribution in [0.4, 0.5) is 0 Å². The summed E-state index contributed by atoms with van der Waals surface area (Å²) >= 11 is 0. The second kappa shape index (κ2) is 2.19. The highest BCUT2D eigenvalue weighted by molar-refractivity contribution is 4.94. The van der Waals surface area contributed by atoms with Crippen molar-refractivity contribution in [2.24, 2.45) is 0 Å². The molecule has 0 aromatic heterocycles. The number of ether oxygens (including phenoxy) is 2. The van der Waals surface area contributed by atoms with Crippen molar-refractivity contribution in [1.82, 2.24) is 4.90 Å². The molecular formula is C7H13NO2. The van der Waals surface area contributed by atoms with Crippen molar-refractivity contribution in [2.75, 3.05) is 26.7 Å². The van der Waals surface area contributed by atoms with Crippen LogP contribution in [0.15, 0.2) is 0 Å². The van der Waals surface area contributed by atoms with Crippen molar-refractivity contribution < 1.29 is 9.47 Å². The minimum absolute atomic E-state index is 0.236. The molecule has 0 aliphatic carbocycles. The quantitative estimate of drug-likeness (QED) is 0.530. The summed E-state index contributed by atoms with van der Waals surface area (Å²) in [5.41, 5.74) is 0.236. The lowest BCUT2D eigenvalue weighted by molar-refractivity contribution is 0.0695. The standard InChI is InChI=1S/C7H13NO2/c1-2-7-3-9-5-8(7)6-10-4-7/h2-6H2,1H3. The Morgan fingerprint density at radius 2 is 1.90 bits per heavy atom. The van der Waals surface area contributed by atoms with Gasteiger partial charge in [-0.15, -0.1) is 0 Å². The molecule has 3 heteroatoms. The summed E-state index contributed by atoms with van der Waals surface area (Å²) in [6, 6.07) is 0. The molecule has 2 aliphatic rings. The third-order valence-electron chi connectivity index (χ3n) is 2.56. The first kappa shape index (κ1) is 6.58. The molecule has 0 atom stereocenters. The molecular weight excluding hydrogens is 130 g/mol. The molecule has 2 aliphatic heterocycles. The van der Waals surface area contributed by atoms with Gasteiger partial charge in [0.15, 0.2) is 0 Å². The van der Waals surface area contributed by atoms with Crippen LogP contribution in [-0.4, -0.2) is 37.1 Å². The SMILES string of the molecule is CCC12COCN1COC2. The van der Waals surface area contributed by atoms with Gasteiger partial charge in [-0.2, -0.15) is 0 Å². The second-order valence-corrected chi connectivity index (χ2v) is 3.07. The first-order valence-corrected chi connectivity index (χ1v) is 3.78. The van der Waals surface area contributed by atoms with E-state index in [9.17, 15) is 0 Å². The van der Waals surface area contributed by atoms with E-state index in [1.165, 1.54) is 0 Å². The minimum Gasteiger partial charge on any atom is -0.364 e. The van der Waals surface area contributed by atoms with Crippen LogP contribution in [0.5, 0.6) is 0 Å². The molecule has 0 radical (unpaired) electrons. The van der Waals surface area contributed by atoms with E-state index in [0.717, 1.165) is 33.1 Å². The lowest BCUT2D eigenvalue weighted by atomic mass is 9.99. The Hall–Kier alpha value is -0.120. The topological polar surface area (TPSA) is 21.7 Å². The van der Waals surface area contributed by atoms with Gasteiger partial charge in [0.2, 0.25) is 0 Å². The highest BCUT2D eigenvalue weighted by Crippen LogP contribution is 2.30. The molecule has 0 aromatic carbocycles. The number of rotatable bonds is 1. The summed E-state index contributed by atoms with van der Waals surface area (Å²) in [7, 11) is 0. The van der Waals surface area contributed by atoms with Crippen molar-refractivity contribution in [1.29, 1.82) is 0 Å². The van der Waals surface area contributed by atoms with Gasteiger partial charge in [-0.1, -0.05) is 6.92 Å². The van der Waals surface area contributed by atoms with Gasteiger partial charge in [-0.25, -0.2) is 4.90 Å². The van der Waals surface area contributed by atoms with E-state index in [2.05, 4.69) is 11.8 Å². The Morgan fingerprint density at radius 3 is 2.30 bits per heavy atom. The largest absolute Gasteiger partial charge is 0.364 e. The maximum Gasteiger partial charge on any atom is 0.101 e. The van der Waals surface area contributed by atoms with Gasteiger partial charge in [-0.05, 0) is 6.42 Å². The molecule has 2 fully saturated rings. The van der Waals surface area contributed by atoms with E-state index in [-0.39, 0.29) is 5.54 Å². The lowest BCUT2D eigenvalue weighted by Gasteiger charge is -2.24. The summed E-state index contributed by atoms with van der Waals surface area (Å²) in [6.07, 6.45) is 1.13. The summed E-state index contributed by atoms with van der Waals surface area (Å²) in [4.78, 5) is 2.27. The van der Waals surface area contributed by atoms with Crippen molar-refractivity contribution in [2.45, 2.75) is 18.9 Å². The van der Waals surface area contributed by atoms with Gasteiger partial charge >= 0.3 is 0 Å². The smallest absolute Gasteiger partial charge is 0.101 e. The number of fused-ring (bicyclic) bond motifs is 1. The Bertz CT molecular complexity index is 128. The molecule has 0 unspecified atom stereocenters. The van der Waals surface area contributed by atoms with Gasteiger partial charge in [-0.3, -0.25) is 0 Å². The van der Waals surface area contributed by atoms with Gasteiger partial charge in [0.25, 0.3) is 0 Å². The van der Waals surface area contributed by atoms with Gasteiger partial charge in [0, 0.05) is 0 Å². The number of nitrogens with zero attached hydrogens (tertiary/aromatic N) is 1. The maximum absolute atomic E-state index is 5.35. The first-order chi connectivity index (χ1) is 4.87. The Labute approximate surface area is 60.9 Å². The van der Waals surface area contributed by atoms with Crippen molar-refractivity contribution >= 4 is 0 Å². The summed E-state index contributed by atoms with van der Waals surface area (Å²) in [5, 5.41) is 0. The highest BCUT2D eigenvalue weighted by Gasteiger charge is 2.44. The average Bonchev–Trinajstić information content (AvgIpc) is 2.42. The van der Waals surface area contributed by atoms with Crippen molar-refractivity contribution in [3.8, 4) is 0 Å². The molecule has 2 rings (SSSR count). The van der Waals surface area contributed by atoms with Crippen LogP contribution < -0.4 is 0 Å². The average molecular weight is 143 g/mol. The molecule has 0 bridgehead atoms. The van der Waals surface area contributed by atoms with Crippen molar-refractivity contribution in [3.63, 3.8) is 0 Å². The van der Waals surface area contributed by atoms with E-state index >= 15 is 0 Å². The van der Waals surface area contributed by atoms with Crippen LogP contribution in [0.1, 0.15) is 13.3 Å². The van der Waals surface area contributed by atoms with Crippen LogP contribution in [-0.2, 0) is 9.47 Å². The molecule has 0 N–H and O–H groups in total. The molecule has 0 saturated carbocycles. The minimum atomic E-state index is 0.236. The molecule has 0 spiro atoms. The first-order valence-electron chi connectivity index (χ1n) is 3.78. The molecule has 3 nitrogen and oxygen atoms in total. The Morgan fingerprint density at radius 1 is 1.30 bits per heavy atom. The molecule has 2 saturated heterocycles. The van der Waals surface area contributed by atoms with E-state index in [1.807, 2.05) is 0 Å². The third kappa shape index (κ3) is 0.713. The van der Waals surface area contributed by atoms with E-state index < -0.39 is 0 Å². The summed E-state index contributed by atoms with van der Waals surface area (Å²) in [5.74, 6) is 0. The fraction of sp³-hybridized carbons (Fsp3) is 1.00. The number of hydrogen-bond donors (Lipinski definition) is 0. The highest BCUT2D eigenvalue weighted by atomic mass is 16.6. The monoisotopic (exact) mass is 143 g/mol. The zero-order chi connectivity index (χ0) is 7.03. The van der Waals surface area contributed by atoms with E-state index in [1.54, 1.807) is 0 Å². The lowest BCUT2D eigenvalue weighted by Crippen LogP contribution is -2.42. The van der Waals surface area contributed by atoms with E-state index in [4.69, 9.17) is 9.47 Å². The molecule has 0 aromatic rings. The normalized spacial score (nSPS) is 30.9. The third-order valence-corrected chi connectivity index (χ3v) is 2.56. The van der Waals surface area contributed by atoms with Crippen LogP contribution in [0, 0.1) is 0 Å². The zero-order valence-corrected chi connectivity index (χ0v) is 6.30. The Kier molecular flexibility index (Phi) is 1.44. The fourth-order valence-electron chi connectivity index (χ4n) is 1.65. The predicted octanol–water partition coefficient (Wildman–Crippen LogP) is 0.413. The molecule has 0 amide bonds. The number of hydrogen-bond acceptors (Lipinski definition) is 3. The predicted molar refractivity (Wildman–Crippen MR) is 36.5 cm³/mol. The van der Waals surface area contributed by atoms with E-state index in [0.29, 0.717) is 0 Å². The van der Waals surface area contributed by atoms with Crippen LogP contribution >= 0.6 is 0 Å². The molecule has 10 heavy (non-hydrogen) atoms. The van der Waals surface area contributed by atoms with Crippen LogP contribution in [0.3, 0.4) is 0 Å². The Balaban J connectivity index is 2.15. The van der Waals surface area contributed by atoms with Crippen LogP contribution in [0.25, 0.3) is 0 Å². The summed E-state index contributed by atoms with van der Waals surface area (Å²) in [6.45, 7) is 5.41. The fourth-order valence-corrected chi connectivity index (χ4v) is 1.65. The molecule has 2 heterocycles. The second-order valence-electron chi connectivity index (χ2n) is 3.07. The van der Waals surface area contributed by atoms with Gasteiger partial charge < -0.3 is 9.47 Å². The van der Waals surface area contributed by atoms with Gasteiger partial charge in [0.1, 0.15) is 13.5 Å².